The van der Waals surface area contributed by atoms with Crippen LogP contribution in [0, 0.1) is 13.8 Å². The molecule has 0 amide bonds. The van der Waals surface area contributed by atoms with Gasteiger partial charge in [-0.2, -0.15) is 0 Å². The van der Waals surface area contributed by atoms with E-state index in [0.29, 0.717) is 18.8 Å². The van der Waals surface area contributed by atoms with Gasteiger partial charge >= 0.3 is 5.97 Å². The quantitative estimate of drug-likeness (QED) is 0.617. The molecule has 0 saturated heterocycles. The third-order valence-electron chi connectivity index (χ3n) is 4.84. The number of carboxylic acid groups (broad SMARTS) is 1. The molecule has 3 aromatic rings. The van der Waals surface area contributed by atoms with E-state index in [1.165, 1.54) is 11.1 Å². The summed E-state index contributed by atoms with van der Waals surface area (Å²) in [4.78, 5) is 12.1. The SMILES string of the molecule is CCCNCc1c(C(=O)O)n(Cc2cc(C)ccc2C)c2ccccc12. The van der Waals surface area contributed by atoms with Gasteiger partial charge in [0.15, 0.2) is 0 Å². The predicted octanol–water partition coefficient (Wildman–Crippen LogP) is 4.50. The molecule has 4 heteroatoms. The molecule has 1 aromatic heterocycles. The number of hydrogen-bond acceptors (Lipinski definition) is 2. The number of aromatic nitrogens is 1. The van der Waals surface area contributed by atoms with Crippen molar-refractivity contribution in [3.05, 3.63) is 70.4 Å². The summed E-state index contributed by atoms with van der Waals surface area (Å²) in [5.41, 5.74) is 5.74. The van der Waals surface area contributed by atoms with Crippen molar-refractivity contribution in [2.75, 3.05) is 6.54 Å². The fourth-order valence-corrected chi connectivity index (χ4v) is 3.49. The highest BCUT2D eigenvalue weighted by molar-refractivity contribution is 5.98. The van der Waals surface area contributed by atoms with E-state index < -0.39 is 5.97 Å². The van der Waals surface area contributed by atoms with Crippen molar-refractivity contribution in [1.29, 1.82) is 0 Å². The molecule has 3 rings (SSSR count). The molecular weight excluding hydrogens is 324 g/mol. The molecule has 2 aromatic carbocycles. The third kappa shape index (κ3) is 3.51. The van der Waals surface area contributed by atoms with E-state index in [-0.39, 0.29) is 0 Å². The van der Waals surface area contributed by atoms with Gasteiger partial charge in [-0.1, -0.05) is 48.9 Å². The fraction of sp³-hybridized carbons (Fsp3) is 0.318. The smallest absolute Gasteiger partial charge is 0.352 e. The number of aromatic carboxylic acids is 1. The van der Waals surface area contributed by atoms with Gasteiger partial charge in [-0.15, -0.1) is 0 Å². The topological polar surface area (TPSA) is 54.3 Å². The van der Waals surface area contributed by atoms with Crippen LogP contribution in [0.5, 0.6) is 0 Å². The van der Waals surface area contributed by atoms with Crippen molar-refractivity contribution >= 4 is 16.9 Å². The Morgan fingerprint density at radius 3 is 2.65 bits per heavy atom. The lowest BCUT2D eigenvalue weighted by Gasteiger charge is -2.12. The Morgan fingerprint density at radius 1 is 1.15 bits per heavy atom. The number of nitrogens with one attached hydrogen (secondary N) is 1. The Hall–Kier alpha value is -2.59. The largest absolute Gasteiger partial charge is 0.477 e. The molecule has 0 aliphatic carbocycles. The first-order valence-corrected chi connectivity index (χ1v) is 9.13. The lowest BCUT2D eigenvalue weighted by molar-refractivity contribution is 0.0684. The molecule has 1 heterocycles. The zero-order chi connectivity index (χ0) is 18.7. The molecule has 136 valence electrons. The number of carboxylic acids is 1. The van der Waals surface area contributed by atoms with E-state index in [1.807, 2.05) is 28.8 Å². The molecule has 0 atom stereocenters. The lowest BCUT2D eigenvalue weighted by atomic mass is 10.1. The van der Waals surface area contributed by atoms with Gasteiger partial charge in [-0.05, 0) is 44.0 Å². The highest BCUT2D eigenvalue weighted by Gasteiger charge is 2.22. The number of aryl methyl sites for hydroxylation is 2. The number of carbonyl (C=O) groups is 1. The van der Waals surface area contributed by atoms with Crippen LogP contribution in [-0.2, 0) is 13.1 Å². The number of nitrogens with zero attached hydrogens (tertiary/aromatic N) is 1. The molecule has 0 radical (unpaired) electrons. The van der Waals surface area contributed by atoms with E-state index in [9.17, 15) is 9.90 Å². The molecule has 2 N–H and O–H groups in total. The van der Waals surface area contributed by atoms with E-state index in [4.69, 9.17) is 0 Å². The average molecular weight is 350 g/mol. The first kappa shape index (κ1) is 18.2. The lowest BCUT2D eigenvalue weighted by Crippen LogP contribution is -2.18. The van der Waals surface area contributed by atoms with Crippen LogP contribution < -0.4 is 5.32 Å². The normalized spacial score (nSPS) is 11.2. The Kier molecular flexibility index (Phi) is 5.43. The summed E-state index contributed by atoms with van der Waals surface area (Å²) in [6.45, 7) is 8.24. The van der Waals surface area contributed by atoms with Gasteiger partial charge in [-0.3, -0.25) is 0 Å². The summed E-state index contributed by atoms with van der Waals surface area (Å²) in [6.07, 6.45) is 1.02. The van der Waals surface area contributed by atoms with Gasteiger partial charge in [0.1, 0.15) is 5.69 Å². The number of fused-ring (bicyclic) bond motifs is 1. The molecule has 0 bridgehead atoms. The Morgan fingerprint density at radius 2 is 1.92 bits per heavy atom. The second kappa shape index (κ2) is 7.75. The first-order chi connectivity index (χ1) is 12.5. The Bertz CT molecular complexity index is 941. The standard InChI is InChI=1S/C22H26N2O2/c1-4-11-23-13-19-18-7-5-6-8-20(18)24(21(19)22(25)26)14-17-12-15(2)9-10-16(17)3/h5-10,12,23H,4,11,13-14H2,1-3H3,(H,25,26). The molecule has 4 nitrogen and oxygen atoms in total. The molecular formula is C22H26N2O2. The summed E-state index contributed by atoms with van der Waals surface area (Å²) in [5.74, 6) is -0.875. The first-order valence-electron chi connectivity index (χ1n) is 9.13. The Balaban J connectivity index is 2.15. The zero-order valence-electron chi connectivity index (χ0n) is 15.7. The van der Waals surface area contributed by atoms with Crippen LogP contribution in [0.25, 0.3) is 10.9 Å². The zero-order valence-corrected chi connectivity index (χ0v) is 15.7. The molecule has 0 saturated carbocycles. The van der Waals surface area contributed by atoms with Crippen molar-refractivity contribution in [1.82, 2.24) is 9.88 Å². The predicted molar refractivity (Wildman–Crippen MR) is 106 cm³/mol. The van der Waals surface area contributed by atoms with Crippen LogP contribution in [0.15, 0.2) is 42.5 Å². The average Bonchev–Trinajstić information content (AvgIpc) is 2.93. The monoisotopic (exact) mass is 350 g/mol. The van der Waals surface area contributed by atoms with Crippen molar-refractivity contribution in [3.8, 4) is 0 Å². The number of rotatable bonds is 7. The van der Waals surface area contributed by atoms with E-state index in [2.05, 4.69) is 44.3 Å². The van der Waals surface area contributed by atoms with Crippen LogP contribution in [0.4, 0.5) is 0 Å². The van der Waals surface area contributed by atoms with Crippen molar-refractivity contribution < 1.29 is 9.90 Å². The Labute approximate surface area is 154 Å². The second-order valence-electron chi connectivity index (χ2n) is 6.84. The van der Waals surface area contributed by atoms with Gasteiger partial charge < -0.3 is 15.0 Å². The molecule has 0 aliphatic heterocycles. The van der Waals surface area contributed by atoms with Gasteiger partial charge in [0.05, 0.1) is 0 Å². The van der Waals surface area contributed by atoms with E-state index in [1.54, 1.807) is 0 Å². The van der Waals surface area contributed by atoms with E-state index >= 15 is 0 Å². The number of benzene rings is 2. The minimum absolute atomic E-state index is 0.385. The summed E-state index contributed by atoms with van der Waals surface area (Å²) in [5, 5.41) is 14.3. The third-order valence-corrected chi connectivity index (χ3v) is 4.84. The number of hydrogen-bond donors (Lipinski definition) is 2. The van der Waals surface area contributed by atoms with Crippen LogP contribution >= 0.6 is 0 Å². The maximum atomic E-state index is 12.1. The molecule has 0 aliphatic rings. The summed E-state index contributed by atoms with van der Waals surface area (Å²) >= 11 is 0. The van der Waals surface area contributed by atoms with Crippen LogP contribution in [0.2, 0.25) is 0 Å². The fourth-order valence-electron chi connectivity index (χ4n) is 3.49. The highest BCUT2D eigenvalue weighted by atomic mass is 16.4. The van der Waals surface area contributed by atoms with Gasteiger partial charge in [0, 0.05) is 29.6 Å². The molecule has 0 fully saturated rings. The molecule has 26 heavy (non-hydrogen) atoms. The summed E-state index contributed by atoms with van der Waals surface area (Å²) in [6, 6.07) is 14.3. The van der Waals surface area contributed by atoms with Crippen LogP contribution in [0.3, 0.4) is 0 Å². The van der Waals surface area contributed by atoms with Crippen molar-refractivity contribution in [2.24, 2.45) is 0 Å². The number of para-hydroxylation sites is 1. The maximum Gasteiger partial charge on any atom is 0.352 e. The summed E-state index contributed by atoms with van der Waals surface area (Å²) < 4.78 is 1.95. The van der Waals surface area contributed by atoms with Gasteiger partial charge in [0.2, 0.25) is 0 Å². The van der Waals surface area contributed by atoms with Crippen LogP contribution in [-0.4, -0.2) is 22.2 Å². The van der Waals surface area contributed by atoms with Crippen molar-refractivity contribution in [2.45, 2.75) is 40.3 Å². The minimum atomic E-state index is -0.875. The van der Waals surface area contributed by atoms with Crippen molar-refractivity contribution in [3.63, 3.8) is 0 Å². The summed E-state index contributed by atoms with van der Waals surface area (Å²) in [7, 11) is 0. The molecule has 0 spiro atoms. The molecule has 0 unspecified atom stereocenters. The minimum Gasteiger partial charge on any atom is -0.477 e. The second-order valence-corrected chi connectivity index (χ2v) is 6.84. The van der Waals surface area contributed by atoms with E-state index in [0.717, 1.165) is 35.0 Å². The highest BCUT2D eigenvalue weighted by Crippen LogP contribution is 2.28. The van der Waals surface area contributed by atoms with Gasteiger partial charge in [-0.25, -0.2) is 4.79 Å². The van der Waals surface area contributed by atoms with Crippen LogP contribution in [0.1, 0.15) is 46.1 Å². The maximum absolute atomic E-state index is 12.1. The van der Waals surface area contributed by atoms with Gasteiger partial charge in [0.25, 0.3) is 0 Å².